The van der Waals surface area contributed by atoms with Crippen LogP contribution in [-0.2, 0) is 22.5 Å². The number of thiazole rings is 1. The number of amides is 1. The van der Waals surface area contributed by atoms with Gasteiger partial charge in [-0.25, -0.2) is 14.9 Å². The van der Waals surface area contributed by atoms with Gasteiger partial charge in [0, 0.05) is 31.2 Å². The highest BCUT2D eigenvalue weighted by molar-refractivity contribution is 7.99. The van der Waals surface area contributed by atoms with E-state index in [9.17, 15) is 9.59 Å². The number of anilines is 1. The molecule has 0 spiro atoms. The van der Waals surface area contributed by atoms with Crippen molar-refractivity contribution in [2.45, 2.75) is 37.9 Å². The Morgan fingerprint density at radius 2 is 2.13 bits per heavy atom. The van der Waals surface area contributed by atoms with E-state index in [-0.39, 0.29) is 17.3 Å². The average Bonchev–Trinajstić information content (AvgIpc) is 3.34. The van der Waals surface area contributed by atoms with Gasteiger partial charge in [-0.05, 0) is 18.4 Å². The van der Waals surface area contributed by atoms with E-state index in [1.165, 1.54) is 33.2 Å². The molecule has 3 rings (SSSR count). The highest BCUT2D eigenvalue weighted by Crippen LogP contribution is 2.25. The highest BCUT2D eigenvalue weighted by atomic mass is 32.2. The average molecular weight is 448 g/mol. The topological polar surface area (TPSA) is 102 Å². The molecule has 0 fully saturated rings. The first-order valence-corrected chi connectivity index (χ1v) is 11.6. The van der Waals surface area contributed by atoms with Crippen LogP contribution in [0.2, 0.25) is 0 Å². The number of hydrogen-bond donors (Lipinski definition) is 2. The zero-order valence-corrected chi connectivity index (χ0v) is 18.6. The Morgan fingerprint density at radius 3 is 2.87 bits per heavy atom. The Morgan fingerprint density at radius 1 is 1.33 bits per heavy atom. The fourth-order valence-electron chi connectivity index (χ4n) is 2.86. The second-order valence-corrected chi connectivity index (χ2v) is 8.43. The van der Waals surface area contributed by atoms with Crippen molar-refractivity contribution in [3.63, 3.8) is 0 Å². The number of hydrogen-bond acceptors (Lipinski definition) is 7. The minimum Gasteiger partial charge on any atom is -0.385 e. The molecule has 0 aliphatic carbocycles. The standard InChI is InChI=1S/C20H25N5O3S2/c1-3-5-14-6-8-15(9-7-14)16-12-29-18(21-16)22-17(26)13-30-20-24-23-19(27)25(20)10-4-11-28-2/h6-9,12H,3-5,10-11,13H2,1-2H3,(H,23,27)(H,21,22,26). The van der Waals surface area contributed by atoms with E-state index in [0.29, 0.717) is 29.9 Å². The molecular weight excluding hydrogens is 422 g/mol. The van der Waals surface area contributed by atoms with Gasteiger partial charge in [0.2, 0.25) is 5.91 Å². The number of H-pyrrole nitrogens is 1. The molecule has 0 aliphatic rings. The number of ether oxygens (including phenoxy) is 1. The molecule has 0 bridgehead atoms. The fraction of sp³-hybridized carbons (Fsp3) is 0.400. The van der Waals surface area contributed by atoms with Crippen LogP contribution in [0.4, 0.5) is 5.13 Å². The predicted molar refractivity (Wildman–Crippen MR) is 120 cm³/mol. The Hall–Kier alpha value is -2.43. The summed E-state index contributed by atoms with van der Waals surface area (Å²) in [5.74, 6) is -0.0621. The number of nitrogens with one attached hydrogen (secondary N) is 2. The molecule has 2 heterocycles. The van der Waals surface area contributed by atoms with E-state index in [2.05, 4.69) is 51.7 Å². The van der Waals surface area contributed by atoms with Crippen molar-refractivity contribution in [1.29, 1.82) is 0 Å². The molecule has 2 N–H and O–H groups in total. The maximum absolute atomic E-state index is 12.3. The van der Waals surface area contributed by atoms with E-state index in [1.54, 1.807) is 7.11 Å². The van der Waals surface area contributed by atoms with Gasteiger partial charge in [0.1, 0.15) is 0 Å². The van der Waals surface area contributed by atoms with Gasteiger partial charge in [0.15, 0.2) is 10.3 Å². The van der Waals surface area contributed by atoms with E-state index in [1.807, 2.05) is 5.38 Å². The summed E-state index contributed by atoms with van der Waals surface area (Å²) < 4.78 is 6.53. The van der Waals surface area contributed by atoms with Crippen molar-refractivity contribution in [2.24, 2.45) is 0 Å². The normalized spacial score (nSPS) is 11.0. The molecule has 8 nitrogen and oxygen atoms in total. The third kappa shape index (κ3) is 6.04. The van der Waals surface area contributed by atoms with E-state index in [4.69, 9.17) is 4.74 Å². The summed E-state index contributed by atoms with van der Waals surface area (Å²) >= 11 is 2.59. The number of aromatic amines is 1. The SMILES string of the molecule is CCCc1ccc(-c2csc(NC(=O)CSc3n[nH]c(=O)n3CCCOC)n2)cc1. The third-order valence-corrected chi connectivity index (χ3v) is 6.06. The summed E-state index contributed by atoms with van der Waals surface area (Å²) in [7, 11) is 1.61. The number of carbonyl (C=O) groups excluding carboxylic acids is 1. The molecule has 160 valence electrons. The van der Waals surface area contributed by atoms with Crippen LogP contribution in [0.5, 0.6) is 0 Å². The first-order valence-electron chi connectivity index (χ1n) is 9.72. The highest BCUT2D eigenvalue weighted by Gasteiger charge is 2.13. The Balaban J connectivity index is 1.54. The van der Waals surface area contributed by atoms with Crippen LogP contribution >= 0.6 is 23.1 Å². The van der Waals surface area contributed by atoms with Crippen LogP contribution in [0, 0.1) is 0 Å². The van der Waals surface area contributed by atoms with Crippen molar-refractivity contribution in [1.82, 2.24) is 19.7 Å². The number of aryl methyl sites for hydroxylation is 1. The second kappa shape index (κ2) is 11.1. The Kier molecular flexibility index (Phi) is 8.23. The fourth-order valence-corrected chi connectivity index (χ4v) is 4.37. The van der Waals surface area contributed by atoms with Gasteiger partial charge in [0.25, 0.3) is 0 Å². The lowest BCUT2D eigenvalue weighted by atomic mass is 10.1. The first-order chi connectivity index (χ1) is 14.6. The number of aromatic nitrogens is 4. The van der Waals surface area contributed by atoms with Gasteiger partial charge in [-0.15, -0.1) is 16.4 Å². The predicted octanol–water partition coefficient (Wildman–Crippen LogP) is 3.41. The quantitative estimate of drug-likeness (QED) is 0.345. The lowest BCUT2D eigenvalue weighted by Crippen LogP contribution is -2.19. The Bertz CT molecular complexity index is 1010. The first kappa shape index (κ1) is 22.3. The molecule has 0 unspecified atom stereocenters. The number of nitrogens with zero attached hydrogens (tertiary/aromatic N) is 3. The van der Waals surface area contributed by atoms with Gasteiger partial charge in [-0.2, -0.15) is 0 Å². The van der Waals surface area contributed by atoms with Crippen LogP contribution in [0.25, 0.3) is 11.3 Å². The number of rotatable bonds is 11. The Labute approximate surface area is 183 Å². The van der Waals surface area contributed by atoms with Gasteiger partial charge in [-0.3, -0.25) is 9.36 Å². The van der Waals surface area contributed by atoms with E-state index in [0.717, 1.165) is 24.1 Å². The largest absolute Gasteiger partial charge is 0.385 e. The summed E-state index contributed by atoms with van der Waals surface area (Å²) in [4.78, 5) is 28.7. The van der Waals surface area contributed by atoms with Gasteiger partial charge in [0.05, 0.1) is 11.4 Å². The molecule has 0 radical (unpaired) electrons. The van der Waals surface area contributed by atoms with Crippen molar-refractivity contribution >= 4 is 34.1 Å². The summed E-state index contributed by atoms with van der Waals surface area (Å²) in [6.45, 7) is 3.20. The van der Waals surface area contributed by atoms with Gasteiger partial charge < -0.3 is 10.1 Å². The molecule has 3 aromatic rings. The molecule has 0 saturated heterocycles. The maximum Gasteiger partial charge on any atom is 0.343 e. The van der Waals surface area contributed by atoms with Crippen LogP contribution in [0.3, 0.4) is 0 Å². The summed E-state index contributed by atoms with van der Waals surface area (Å²) in [6, 6.07) is 8.34. The summed E-state index contributed by atoms with van der Waals surface area (Å²) in [5.41, 5.74) is 2.88. The lowest BCUT2D eigenvalue weighted by molar-refractivity contribution is -0.113. The monoisotopic (exact) mass is 447 g/mol. The molecule has 0 atom stereocenters. The van der Waals surface area contributed by atoms with Crippen LogP contribution in [0.1, 0.15) is 25.3 Å². The van der Waals surface area contributed by atoms with Crippen molar-refractivity contribution in [3.05, 3.63) is 45.7 Å². The molecule has 0 saturated carbocycles. The molecular formula is C20H25N5O3S2. The summed E-state index contributed by atoms with van der Waals surface area (Å²) in [5, 5.41) is 12.2. The van der Waals surface area contributed by atoms with Crippen LogP contribution < -0.4 is 11.0 Å². The minimum atomic E-state index is -0.288. The number of thioether (sulfide) groups is 1. The number of carbonyl (C=O) groups is 1. The summed E-state index contributed by atoms with van der Waals surface area (Å²) in [6.07, 6.45) is 2.87. The number of methoxy groups -OCH3 is 1. The van der Waals surface area contributed by atoms with Crippen LogP contribution in [-0.4, -0.2) is 45.1 Å². The zero-order chi connectivity index (χ0) is 21.3. The van der Waals surface area contributed by atoms with E-state index < -0.39 is 0 Å². The van der Waals surface area contributed by atoms with Crippen molar-refractivity contribution in [2.75, 3.05) is 24.8 Å². The molecule has 2 aromatic heterocycles. The molecule has 1 amide bonds. The van der Waals surface area contributed by atoms with Crippen LogP contribution in [0.15, 0.2) is 39.6 Å². The van der Waals surface area contributed by atoms with Gasteiger partial charge in [-0.1, -0.05) is 49.4 Å². The molecule has 0 aliphatic heterocycles. The molecule has 1 aromatic carbocycles. The van der Waals surface area contributed by atoms with Crippen molar-refractivity contribution < 1.29 is 9.53 Å². The zero-order valence-electron chi connectivity index (χ0n) is 17.0. The number of benzene rings is 1. The third-order valence-electron chi connectivity index (χ3n) is 4.32. The van der Waals surface area contributed by atoms with Gasteiger partial charge >= 0.3 is 5.69 Å². The molecule has 30 heavy (non-hydrogen) atoms. The van der Waals surface area contributed by atoms with E-state index >= 15 is 0 Å². The lowest BCUT2D eigenvalue weighted by Gasteiger charge is -2.05. The minimum absolute atomic E-state index is 0.134. The van der Waals surface area contributed by atoms with Crippen molar-refractivity contribution in [3.8, 4) is 11.3 Å². The second-order valence-electron chi connectivity index (χ2n) is 6.63. The smallest absolute Gasteiger partial charge is 0.343 e. The molecule has 10 heteroatoms. The maximum atomic E-state index is 12.3.